The van der Waals surface area contributed by atoms with Gasteiger partial charge in [-0.2, -0.15) is 0 Å². The van der Waals surface area contributed by atoms with Gasteiger partial charge in [-0.3, -0.25) is 4.79 Å². The van der Waals surface area contributed by atoms with Gasteiger partial charge in [0.25, 0.3) is 5.09 Å². The van der Waals surface area contributed by atoms with Crippen LogP contribution < -0.4 is 10.1 Å². The number of ether oxygens (including phenoxy) is 1. The highest BCUT2D eigenvalue weighted by atomic mass is 16.9. The Hall–Kier alpha value is -2.39. The second-order valence-corrected chi connectivity index (χ2v) is 6.88. The Morgan fingerprint density at radius 2 is 1.96 bits per heavy atom. The van der Waals surface area contributed by atoms with Crippen LogP contribution in [0.15, 0.2) is 30.3 Å². The molecule has 1 aromatic carbocycles. The van der Waals surface area contributed by atoms with E-state index in [1.54, 1.807) is 19.2 Å². The number of nitrogens with zero attached hydrogens (tertiary/aromatic N) is 2. The van der Waals surface area contributed by atoms with Gasteiger partial charge in [0.1, 0.15) is 18.0 Å². The molecule has 0 aliphatic rings. The van der Waals surface area contributed by atoms with E-state index in [0.29, 0.717) is 31.7 Å². The van der Waals surface area contributed by atoms with E-state index in [4.69, 9.17) is 4.74 Å². The van der Waals surface area contributed by atoms with Crippen molar-refractivity contribution in [3.8, 4) is 5.75 Å². The lowest BCUT2D eigenvalue weighted by molar-refractivity contribution is -0.757. The molecule has 2 N–H and O–H groups in total. The second kappa shape index (κ2) is 12.9. The van der Waals surface area contributed by atoms with Gasteiger partial charge in [-0.1, -0.05) is 32.0 Å². The van der Waals surface area contributed by atoms with Gasteiger partial charge < -0.3 is 24.9 Å². The summed E-state index contributed by atoms with van der Waals surface area (Å²) < 4.78 is 5.87. The van der Waals surface area contributed by atoms with Crippen molar-refractivity contribution in [1.29, 1.82) is 0 Å². The fourth-order valence-electron chi connectivity index (χ4n) is 2.46. The van der Waals surface area contributed by atoms with Gasteiger partial charge in [0.05, 0.1) is 13.0 Å². The zero-order valence-electron chi connectivity index (χ0n) is 16.7. The molecule has 0 aliphatic heterocycles. The van der Waals surface area contributed by atoms with Crippen LogP contribution in [0.2, 0.25) is 0 Å². The lowest BCUT2D eigenvalue weighted by Gasteiger charge is -2.27. The van der Waals surface area contributed by atoms with E-state index in [1.165, 1.54) is 4.90 Å². The highest BCUT2D eigenvalue weighted by Gasteiger charge is 2.26. The van der Waals surface area contributed by atoms with E-state index in [2.05, 4.69) is 10.2 Å². The maximum absolute atomic E-state index is 12.5. The first-order chi connectivity index (χ1) is 13.3. The highest BCUT2D eigenvalue weighted by molar-refractivity contribution is 5.76. The third kappa shape index (κ3) is 10.1. The SMILES string of the molecule is CC(C)NCC(O)C(CC(=O)N(C)CCCCO[N+](=O)[O-])Oc1ccccc1. The molecule has 1 rings (SSSR count). The van der Waals surface area contributed by atoms with Crippen LogP contribution >= 0.6 is 0 Å². The summed E-state index contributed by atoms with van der Waals surface area (Å²) in [6.45, 7) is 4.71. The van der Waals surface area contributed by atoms with E-state index in [-0.39, 0.29) is 25.0 Å². The molecule has 0 bridgehead atoms. The molecule has 1 amide bonds. The zero-order chi connectivity index (χ0) is 20.9. The lowest BCUT2D eigenvalue weighted by Crippen LogP contribution is -2.44. The molecule has 2 unspecified atom stereocenters. The number of amides is 1. The monoisotopic (exact) mass is 397 g/mol. The number of carbonyl (C=O) groups is 1. The summed E-state index contributed by atoms with van der Waals surface area (Å²) in [5, 5.41) is 22.9. The molecule has 0 saturated carbocycles. The zero-order valence-corrected chi connectivity index (χ0v) is 16.7. The summed E-state index contributed by atoms with van der Waals surface area (Å²) in [6.07, 6.45) is -0.464. The minimum atomic E-state index is -0.853. The Balaban J connectivity index is 2.57. The van der Waals surface area contributed by atoms with Gasteiger partial charge in [-0.25, -0.2) is 0 Å². The molecule has 1 aromatic rings. The maximum Gasteiger partial charge on any atom is 0.294 e. The number of para-hydroxylation sites is 1. The molecule has 0 fully saturated rings. The Labute approximate surface area is 165 Å². The van der Waals surface area contributed by atoms with Crippen LogP contribution in [0.25, 0.3) is 0 Å². The molecule has 2 atom stereocenters. The third-order valence-electron chi connectivity index (χ3n) is 4.08. The molecule has 9 nitrogen and oxygen atoms in total. The molecule has 158 valence electrons. The molecule has 0 aromatic heterocycles. The van der Waals surface area contributed by atoms with Crippen molar-refractivity contribution in [3.05, 3.63) is 40.4 Å². The Kier molecular flexibility index (Phi) is 10.9. The number of carbonyl (C=O) groups excluding carboxylic acids is 1. The van der Waals surface area contributed by atoms with Crippen LogP contribution in [0, 0.1) is 10.1 Å². The fraction of sp³-hybridized carbons (Fsp3) is 0.632. The number of nitrogens with one attached hydrogen (secondary N) is 1. The van der Waals surface area contributed by atoms with Gasteiger partial charge >= 0.3 is 0 Å². The number of hydrogen-bond acceptors (Lipinski definition) is 7. The molecule has 28 heavy (non-hydrogen) atoms. The van der Waals surface area contributed by atoms with Crippen molar-refractivity contribution in [2.75, 3.05) is 26.7 Å². The molecular weight excluding hydrogens is 366 g/mol. The molecule has 0 aliphatic carbocycles. The van der Waals surface area contributed by atoms with Crippen molar-refractivity contribution in [2.24, 2.45) is 0 Å². The summed E-state index contributed by atoms with van der Waals surface area (Å²) in [5.74, 6) is 0.420. The number of aliphatic hydroxyl groups excluding tert-OH is 1. The summed E-state index contributed by atoms with van der Waals surface area (Å²) in [5.41, 5.74) is 0. The number of rotatable bonds is 14. The predicted molar refractivity (Wildman–Crippen MR) is 104 cm³/mol. The lowest BCUT2D eigenvalue weighted by atomic mass is 10.1. The van der Waals surface area contributed by atoms with Crippen molar-refractivity contribution >= 4 is 5.91 Å². The van der Waals surface area contributed by atoms with Crippen LogP contribution in [0.3, 0.4) is 0 Å². The molecule has 0 radical (unpaired) electrons. The first-order valence-corrected chi connectivity index (χ1v) is 9.44. The van der Waals surface area contributed by atoms with Crippen LogP contribution in [-0.4, -0.2) is 66.0 Å². The van der Waals surface area contributed by atoms with E-state index in [1.807, 2.05) is 32.0 Å². The average Bonchev–Trinajstić information content (AvgIpc) is 2.65. The van der Waals surface area contributed by atoms with Crippen molar-refractivity contribution in [2.45, 2.75) is 51.4 Å². The standard InChI is InChI=1S/C19H31N3O6/c1-15(2)20-14-17(23)18(28-16-9-5-4-6-10-16)13-19(24)21(3)11-7-8-12-27-22(25)26/h4-6,9-10,15,17-18,20,23H,7-8,11-14H2,1-3H3. The largest absolute Gasteiger partial charge is 0.487 e. The van der Waals surface area contributed by atoms with Crippen LogP contribution in [0.4, 0.5) is 0 Å². The summed E-state index contributed by atoms with van der Waals surface area (Å²) in [6, 6.07) is 9.27. The first-order valence-electron chi connectivity index (χ1n) is 9.44. The van der Waals surface area contributed by atoms with Crippen molar-refractivity contribution < 1.29 is 24.6 Å². The van der Waals surface area contributed by atoms with Crippen molar-refractivity contribution in [1.82, 2.24) is 10.2 Å². The molecule has 9 heteroatoms. The van der Waals surface area contributed by atoms with Gasteiger partial charge in [0.2, 0.25) is 5.91 Å². The van der Waals surface area contributed by atoms with E-state index < -0.39 is 17.3 Å². The summed E-state index contributed by atoms with van der Waals surface area (Å²) in [4.78, 5) is 28.4. The van der Waals surface area contributed by atoms with E-state index >= 15 is 0 Å². The first kappa shape index (κ1) is 23.6. The van der Waals surface area contributed by atoms with E-state index in [9.17, 15) is 20.0 Å². The summed E-state index contributed by atoms with van der Waals surface area (Å²) >= 11 is 0. The number of benzene rings is 1. The van der Waals surface area contributed by atoms with Gasteiger partial charge in [0, 0.05) is 26.2 Å². The van der Waals surface area contributed by atoms with Gasteiger partial charge in [0.15, 0.2) is 0 Å². The molecule has 0 saturated heterocycles. The van der Waals surface area contributed by atoms with E-state index in [0.717, 1.165) is 0 Å². The number of hydrogen-bond donors (Lipinski definition) is 2. The Morgan fingerprint density at radius 3 is 2.57 bits per heavy atom. The fourth-order valence-corrected chi connectivity index (χ4v) is 2.46. The minimum absolute atomic E-state index is 0.00829. The van der Waals surface area contributed by atoms with Crippen LogP contribution in [0.1, 0.15) is 33.1 Å². The average molecular weight is 397 g/mol. The minimum Gasteiger partial charge on any atom is -0.487 e. The number of unbranched alkanes of at least 4 members (excludes halogenated alkanes) is 1. The second-order valence-electron chi connectivity index (χ2n) is 6.88. The normalized spacial score (nSPS) is 13.0. The topological polar surface area (TPSA) is 114 Å². The Bertz CT molecular complexity index is 584. The van der Waals surface area contributed by atoms with Crippen LogP contribution in [0.5, 0.6) is 5.75 Å². The summed E-state index contributed by atoms with van der Waals surface area (Å²) in [7, 11) is 1.66. The quantitative estimate of drug-likeness (QED) is 0.279. The molecule has 0 heterocycles. The molecule has 0 spiro atoms. The van der Waals surface area contributed by atoms with Gasteiger partial charge in [-0.05, 0) is 25.0 Å². The maximum atomic E-state index is 12.5. The highest BCUT2D eigenvalue weighted by Crippen LogP contribution is 2.16. The Morgan fingerprint density at radius 1 is 1.29 bits per heavy atom. The predicted octanol–water partition coefficient (Wildman–Crippen LogP) is 1.63. The smallest absolute Gasteiger partial charge is 0.294 e. The van der Waals surface area contributed by atoms with Crippen LogP contribution in [-0.2, 0) is 9.63 Å². The van der Waals surface area contributed by atoms with Crippen molar-refractivity contribution in [3.63, 3.8) is 0 Å². The van der Waals surface area contributed by atoms with Gasteiger partial charge in [-0.15, -0.1) is 10.1 Å². The molecular formula is C19H31N3O6. The third-order valence-corrected chi connectivity index (χ3v) is 4.08. The number of aliphatic hydroxyl groups is 1.